The summed E-state index contributed by atoms with van der Waals surface area (Å²) in [4.78, 5) is 20.0. The first-order valence-corrected chi connectivity index (χ1v) is 7.83. The summed E-state index contributed by atoms with van der Waals surface area (Å²) in [6.45, 7) is 8.33. The number of piperidine rings is 1. The van der Waals surface area contributed by atoms with E-state index in [1.807, 2.05) is 6.07 Å². The first-order valence-electron chi connectivity index (χ1n) is 7.83. The molecule has 0 atom stereocenters. The number of hydrogen-bond donors (Lipinski definition) is 1. The molecule has 2 heterocycles. The fourth-order valence-electron chi connectivity index (χ4n) is 2.73. The van der Waals surface area contributed by atoms with Gasteiger partial charge in [0.25, 0.3) is 0 Å². The number of nitrogens with zero attached hydrogens (tertiary/aromatic N) is 3. The summed E-state index contributed by atoms with van der Waals surface area (Å²) in [6.07, 6.45) is 3.99. The van der Waals surface area contributed by atoms with E-state index < -0.39 is 5.97 Å². The highest BCUT2D eigenvalue weighted by Crippen LogP contribution is 2.09. The number of carboxylic acid groups (broad SMARTS) is 1. The molecular formula is C16H25N3O2. The van der Waals surface area contributed by atoms with Crippen molar-refractivity contribution in [1.29, 1.82) is 0 Å². The first-order chi connectivity index (χ1) is 10.2. The molecule has 21 heavy (non-hydrogen) atoms. The number of aromatic carboxylic acids is 1. The summed E-state index contributed by atoms with van der Waals surface area (Å²) < 4.78 is 0. The molecule has 0 spiro atoms. The van der Waals surface area contributed by atoms with Crippen LogP contribution in [0.4, 0.5) is 0 Å². The van der Waals surface area contributed by atoms with Gasteiger partial charge in [0.1, 0.15) is 5.69 Å². The topological polar surface area (TPSA) is 56.7 Å². The van der Waals surface area contributed by atoms with Crippen LogP contribution in [0.2, 0.25) is 0 Å². The Hall–Kier alpha value is -1.46. The van der Waals surface area contributed by atoms with Gasteiger partial charge in [0.15, 0.2) is 0 Å². The van der Waals surface area contributed by atoms with Gasteiger partial charge in [-0.05, 0) is 44.6 Å². The SMILES string of the molecule is CCN(CCN1CCCCC1)Cc1cccc(C(=O)O)n1. The van der Waals surface area contributed by atoms with Crippen LogP contribution < -0.4 is 0 Å². The van der Waals surface area contributed by atoms with Crippen LogP contribution in [0.15, 0.2) is 18.2 Å². The van der Waals surface area contributed by atoms with Crippen LogP contribution in [-0.4, -0.2) is 58.6 Å². The molecule has 1 aromatic rings. The normalized spacial score (nSPS) is 16.3. The molecule has 1 fully saturated rings. The van der Waals surface area contributed by atoms with Gasteiger partial charge in [-0.1, -0.05) is 19.4 Å². The Morgan fingerprint density at radius 3 is 2.76 bits per heavy atom. The zero-order chi connectivity index (χ0) is 15.1. The van der Waals surface area contributed by atoms with Gasteiger partial charge in [-0.3, -0.25) is 4.90 Å². The third kappa shape index (κ3) is 5.10. The summed E-state index contributed by atoms with van der Waals surface area (Å²) in [6, 6.07) is 5.20. The molecule has 1 N–H and O–H groups in total. The molecule has 0 aromatic carbocycles. The number of likely N-dealkylation sites (tertiary alicyclic amines) is 1. The minimum Gasteiger partial charge on any atom is -0.477 e. The van der Waals surface area contributed by atoms with Crippen molar-refractivity contribution in [2.75, 3.05) is 32.7 Å². The summed E-state index contributed by atoms with van der Waals surface area (Å²) in [5, 5.41) is 8.99. The molecule has 1 aromatic heterocycles. The maximum atomic E-state index is 11.0. The number of pyridine rings is 1. The standard InChI is InChI=1S/C16H25N3O2/c1-2-18(11-12-19-9-4-3-5-10-19)13-14-7-6-8-15(17-14)16(20)21/h6-8H,2-5,9-13H2,1H3,(H,20,21). The second-order valence-corrected chi connectivity index (χ2v) is 5.59. The molecule has 5 heteroatoms. The summed E-state index contributed by atoms with van der Waals surface area (Å²) in [5.41, 5.74) is 0.954. The van der Waals surface area contributed by atoms with Gasteiger partial charge < -0.3 is 10.0 Å². The monoisotopic (exact) mass is 291 g/mol. The highest BCUT2D eigenvalue weighted by Gasteiger charge is 2.12. The van der Waals surface area contributed by atoms with Crippen molar-refractivity contribution in [3.63, 3.8) is 0 Å². The van der Waals surface area contributed by atoms with Crippen LogP contribution in [0.1, 0.15) is 42.4 Å². The van der Waals surface area contributed by atoms with Crippen molar-refractivity contribution in [3.8, 4) is 0 Å². The third-order valence-electron chi connectivity index (χ3n) is 4.04. The van der Waals surface area contributed by atoms with Crippen LogP contribution in [0.3, 0.4) is 0 Å². The Bertz CT molecular complexity index is 459. The molecule has 0 saturated carbocycles. The van der Waals surface area contributed by atoms with Gasteiger partial charge in [-0.25, -0.2) is 9.78 Å². The highest BCUT2D eigenvalue weighted by molar-refractivity contribution is 5.85. The second kappa shape index (κ2) is 8.10. The van der Waals surface area contributed by atoms with Crippen LogP contribution in [0.25, 0.3) is 0 Å². The molecular weight excluding hydrogens is 266 g/mol. The Labute approximate surface area is 126 Å². The van der Waals surface area contributed by atoms with Gasteiger partial charge in [0, 0.05) is 19.6 Å². The third-order valence-corrected chi connectivity index (χ3v) is 4.04. The van der Waals surface area contributed by atoms with Crippen molar-refractivity contribution in [2.45, 2.75) is 32.7 Å². The van der Waals surface area contributed by atoms with Crippen molar-refractivity contribution < 1.29 is 9.90 Å². The molecule has 0 amide bonds. The van der Waals surface area contributed by atoms with Gasteiger partial charge in [-0.2, -0.15) is 0 Å². The van der Waals surface area contributed by atoms with Crippen molar-refractivity contribution >= 4 is 5.97 Å². The minimum atomic E-state index is -0.965. The lowest BCUT2D eigenvalue weighted by molar-refractivity contribution is 0.0690. The Morgan fingerprint density at radius 2 is 2.10 bits per heavy atom. The predicted molar refractivity (Wildman–Crippen MR) is 82.4 cm³/mol. The highest BCUT2D eigenvalue weighted by atomic mass is 16.4. The van der Waals surface area contributed by atoms with Crippen molar-refractivity contribution in [2.24, 2.45) is 0 Å². The largest absolute Gasteiger partial charge is 0.477 e. The van der Waals surface area contributed by atoms with Gasteiger partial charge in [0.05, 0.1) is 5.69 Å². The minimum absolute atomic E-state index is 0.125. The van der Waals surface area contributed by atoms with Crippen LogP contribution in [0, 0.1) is 0 Å². The van der Waals surface area contributed by atoms with Gasteiger partial charge in [0.2, 0.25) is 0 Å². The molecule has 1 aliphatic rings. The van der Waals surface area contributed by atoms with E-state index in [2.05, 4.69) is 21.7 Å². The number of carbonyl (C=O) groups is 1. The Kier molecular flexibility index (Phi) is 6.14. The first kappa shape index (κ1) is 15.9. The van der Waals surface area contributed by atoms with E-state index in [4.69, 9.17) is 5.11 Å². The van der Waals surface area contributed by atoms with Gasteiger partial charge >= 0.3 is 5.97 Å². The maximum absolute atomic E-state index is 11.0. The molecule has 1 saturated heterocycles. The van der Waals surface area contributed by atoms with E-state index in [0.29, 0.717) is 6.54 Å². The predicted octanol–water partition coefficient (Wildman–Crippen LogP) is 2.09. The number of likely N-dealkylation sites (N-methyl/N-ethyl adjacent to an activating group) is 1. The molecule has 1 aliphatic heterocycles. The Balaban J connectivity index is 1.86. The van der Waals surface area contributed by atoms with Crippen molar-refractivity contribution in [3.05, 3.63) is 29.6 Å². The zero-order valence-electron chi connectivity index (χ0n) is 12.8. The quantitative estimate of drug-likeness (QED) is 0.833. The van der Waals surface area contributed by atoms with Crippen LogP contribution in [0.5, 0.6) is 0 Å². The van der Waals surface area contributed by atoms with E-state index in [9.17, 15) is 4.79 Å². The lowest BCUT2D eigenvalue weighted by atomic mass is 10.1. The van der Waals surface area contributed by atoms with E-state index in [0.717, 1.165) is 25.3 Å². The van der Waals surface area contributed by atoms with Crippen LogP contribution >= 0.6 is 0 Å². The summed E-state index contributed by atoms with van der Waals surface area (Å²) >= 11 is 0. The van der Waals surface area contributed by atoms with E-state index in [1.165, 1.54) is 38.4 Å². The second-order valence-electron chi connectivity index (χ2n) is 5.59. The summed E-state index contributed by atoms with van der Waals surface area (Å²) in [5.74, 6) is -0.965. The number of carboxylic acids is 1. The summed E-state index contributed by atoms with van der Waals surface area (Å²) in [7, 11) is 0. The molecule has 0 aliphatic carbocycles. The molecule has 5 nitrogen and oxygen atoms in total. The smallest absolute Gasteiger partial charge is 0.354 e. The molecule has 0 bridgehead atoms. The molecule has 2 rings (SSSR count). The average molecular weight is 291 g/mol. The molecule has 0 radical (unpaired) electrons. The van der Waals surface area contributed by atoms with Crippen LogP contribution in [-0.2, 0) is 6.54 Å². The zero-order valence-corrected chi connectivity index (χ0v) is 12.8. The molecule has 116 valence electrons. The number of aromatic nitrogens is 1. The number of hydrogen-bond acceptors (Lipinski definition) is 4. The van der Waals surface area contributed by atoms with E-state index in [1.54, 1.807) is 6.07 Å². The fourth-order valence-corrected chi connectivity index (χ4v) is 2.73. The van der Waals surface area contributed by atoms with Crippen molar-refractivity contribution in [1.82, 2.24) is 14.8 Å². The van der Waals surface area contributed by atoms with E-state index in [-0.39, 0.29) is 5.69 Å². The van der Waals surface area contributed by atoms with E-state index >= 15 is 0 Å². The molecule has 0 unspecified atom stereocenters. The van der Waals surface area contributed by atoms with Gasteiger partial charge in [-0.15, -0.1) is 0 Å². The maximum Gasteiger partial charge on any atom is 0.354 e. The lowest BCUT2D eigenvalue weighted by Gasteiger charge is -2.29. The Morgan fingerprint density at radius 1 is 1.33 bits per heavy atom. The number of rotatable bonds is 7. The fraction of sp³-hybridized carbons (Fsp3) is 0.625. The average Bonchev–Trinajstić information content (AvgIpc) is 2.52. The lowest BCUT2D eigenvalue weighted by Crippen LogP contribution is -2.37.